The van der Waals surface area contributed by atoms with E-state index in [4.69, 9.17) is 18.9 Å². The zero-order valence-corrected chi connectivity index (χ0v) is 26.4. The van der Waals surface area contributed by atoms with Crippen LogP contribution >= 0.6 is 0 Å². The van der Waals surface area contributed by atoms with Crippen molar-refractivity contribution in [3.05, 3.63) is 11.1 Å². The fourth-order valence-corrected chi connectivity index (χ4v) is 8.37. The van der Waals surface area contributed by atoms with Crippen molar-refractivity contribution in [1.29, 1.82) is 0 Å². The van der Waals surface area contributed by atoms with Gasteiger partial charge in [0.1, 0.15) is 29.5 Å². The van der Waals surface area contributed by atoms with Crippen molar-refractivity contribution in [2.24, 2.45) is 22.7 Å². The molecule has 14 heteroatoms. The molecule has 5 rings (SSSR count). The Labute approximate surface area is 261 Å². The molecule has 1 unspecified atom stereocenters. The first-order valence-corrected chi connectivity index (χ1v) is 15.5. The van der Waals surface area contributed by atoms with Gasteiger partial charge in [-0.2, -0.15) is 0 Å². The summed E-state index contributed by atoms with van der Waals surface area (Å²) < 4.78 is 22.0. The second kappa shape index (κ2) is 11.3. The van der Waals surface area contributed by atoms with Gasteiger partial charge in [-0.3, -0.25) is 9.59 Å². The third-order valence-electron chi connectivity index (χ3n) is 11.2. The monoisotopic (exact) mass is 639 g/mol. The van der Waals surface area contributed by atoms with E-state index in [2.05, 4.69) is 5.32 Å². The third kappa shape index (κ3) is 4.99. The van der Waals surface area contributed by atoms with Gasteiger partial charge < -0.3 is 49.8 Å². The molecule has 1 amide bonds. The van der Waals surface area contributed by atoms with Gasteiger partial charge in [0.25, 0.3) is 0 Å². The number of alkyl carbamates (subject to hydrolysis) is 1. The van der Waals surface area contributed by atoms with Crippen molar-refractivity contribution in [1.82, 2.24) is 5.32 Å². The van der Waals surface area contributed by atoms with E-state index >= 15 is 0 Å². The van der Waals surface area contributed by atoms with Crippen LogP contribution in [0.2, 0.25) is 0 Å². The predicted molar refractivity (Wildman–Crippen MR) is 152 cm³/mol. The van der Waals surface area contributed by atoms with E-state index in [0.717, 1.165) is 6.92 Å². The van der Waals surface area contributed by atoms with Crippen molar-refractivity contribution in [2.45, 2.75) is 121 Å². The van der Waals surface area contributed by atoms with Crippen molar-refractivity contribution >= 4 is 23.8 Å². The van der Waals surface area contributed by atoms with Crippen LogP contribution in [0.4, 0.5) is 4.79 Å². The lowest BCUT2D eigenvalue weighted by molar-refractivity contribution is -0.345. The first-order valence-electron chi connectivity index (χ1n) is 15.5. The van der Waals surface area contributed by atoms with E-state index in [1.807, 2.05) is 0 Å². The van der Waals surface area contributed by atoms with E-state index in [1.54, 1.807) is 20.8 Å². The Hall–Kier alpha value is -2.62. The molecule has 0 radical (unpaired) electrons. The van der Waals surface area contributed by atoms with Gasteiger partial charge in [-0.05, 0) is 50.7 Å². The molecule has 1 aliphatic heterocycles. The van der Waals surface area contributed by atoms with Gasteiger partial charge in [-0.1, -0.05) is 13.8 Å². The summed E-state index contributed by atoms with van der Waals surface area (Å²) in [7, 11) is 0. The smallest absolute Gasteiger partial charge is 0.407 e. The SMILES string of the molecule is CCOC(=O)N[C@@H](C1CC1)[C@@H](O)C(=O)OC1C[C@@]2(O)[C@@H](OC(C)=O)[C@@H]3[C@]4(O)CO[C@@H]4C[C@H](O)[C@@]3(C)C(=O)[C@H](O)C(=C1C)C2(C)C. The summed E-state index contributed by atoms with van der Waals surface area (Å²) in [4.78, 5) is 52.5. The fraction of sp³-hybridized carbons (Fsp3) is 0.806. The van der Waals surface area contributed by atoms with Gasteiger partial charge in [0.2, 0.25) is 0 Å². The molecular formula is C31H45NO13. The number of hydrogen-bond acceptors (Lipinski definition) is 13. The normalized spacial score (nSPS) is 41.6. The largest absolute Gasteiger partial charge is 0.459 e. The van der Waals surface area contributed by atoms with E-state index in [0.29, 0.717) is 12.8 Å². The summed E-state index contributed by atoms with van der Waals surface area (Å²) in [5.74, 6) is -4.45. The molecule has 1 saturated heterocycles. The van der Waals surface area contributed by atoms with Gasteiger partial charge in [0.05, 0.1) is 36.9 Å². The van der Waals surface area contributed by atoms with Crippen LogP contribution < -0.4 is 5.32 Å². The first kappa shape index (κ1) is 33.7. The summed E-state index contributed by atoms with van der Waals surface area (Å²) >= 11 is 0. The quantitative estimate of drug-likeness (QED) is 0.119. The Balaban J connectivity index is 1.59. The van der Waals surface area contributed by atoms with E-state index in [9.17, 15) is 44.7 Å². The van der Waals surface area contributed by atoms with Gasteiger partial charge >= 0.3 is 18.0 Å². The lowest BCUT2D eigenvalue weighted by Gasteiger charge is -2.66. The lowest BCUT2D eigenvalue weighted by atomic mass is 9.45. The number of carbonyl (C=O) groups is 4. The Bertz CT molecular complexity index is 1290. The van der Waals surface area contributed by atoms with Crippen molar-refractivity contribution in [3.8, 4) is 0 Å². The maximum atomic E-state index is 14.3. The molecule has 6 N–H and O–H groups in total. The molecule has 0 aromatic rings. The third-order valence-corrected chi connectivity index (χ3v) is 11.2. The van der Waals surface area contributed by atoms with E-state index in [1.165, 1.54) is 13.8 Å². The van der Waals surface area contributed by atoms with Gasteiger partial charge in [0, 0.05) is 31.1 Å². The number of rotatable bonds is 7. The Morgan fingerprint density at radius 1 is 1.11 bits per heavy atom. The minimum atomic E-state index is -2.19. The van der Waals surface area contributed by atoms with Crippen LogP contribution in [0.3, 0.4) is 0 Å². The number of hydrogen-bond donors (Lipinski definition) is 6. The summed E-state index contributed by atoms with van der Waals surface area (Å²) in [5.41, 5.74) is -7.17. The number of ketones is 1. The topological polar surface area (TPSA) is 218 Å². The molecule has 4 fully saturated rings. The minimum absolute atomic E-state index is 0.0000639. The second-order valence-corrected chi connectivity index (χ2v) is 14.0. The molecule has 5 aliphatic rings. The number of Topliss-reactive ketones (excluding diaryl/α,β-unsaturated/α-hetero) is 1. The second-order valence-electron chi connectivity index (χ2n) is 14.0. The van der Waals surface area contributed by atoms with Crippen LogP contribution in [0.15, 0.2) is 11.1 Å². The van der Waals surface area contributed by atoms with Crippen LogP contribution in [-0.2, 0) is 33.3 Å². The van der Waals surface area contributed by atoms with Crippen molar-refractivity contribution in [2.75, 3.05) is 13.2 Å². The number of amides is 1. The molecule has 0 aromatic heterocycles. The van der Waals surface area contributed by atoms with Crippen molar-refractivity contribution in [3.63, 3.8) is 0 Å². The lowest BCUT2D eigenvalue weighted by Crippen LogP contribution is -2.81. The molecule has 14 nitrogen and oxygen atoms in total. The van der Waals surface area contributed by atoms with Crippen molar-refractivity contribution < 1.29 is 63.7 Å². The van der Waals surface area contributed by atoms with E-state index < -0.39 is 101 Å². The number of aliphatic hydroxyl groups excluding tert-OH is 3. The summed E-state index contributed by atoms with van der Waals surface area (Å²) in [6, 6.07) is -1.01. The predicted octanol–water partition coefficient (Wildman–Crippen LogP) is -0.346. The summed E-state index contributed by atoms with van der Waals surface area (Å²) in [6.45, 7) is 8.54. The molecular weight excluding hydrogens is 594 g/mol. The summed E-state index contributed by atoms with van der Waals surface area (Å²) in [6.07, 6.45) is -9.12. The number of ether oxygens (including phenoxy) is 4. The Kier molecular flexibility index (Phi) is 8.45. The highest BCUT2D eigenvalue weighted by Gasteiger charge is 2.76. The molecule has 0 spiro atoms. The number of aliphatic hydroxyl groups is 5. The van der Waals surface area contributed by atoms with Crippen LogP contribution in [0.1, 0.15) is 67.2 Å². The molecule has 3 saturated carbocycles. The van der Waals surface area contributed by atoms with Crippen LogP contribution in [0.25, 0.3) is 0 Å². The van der Waals surface area contributed by atoms with Gasteiger partial charge in [0.15, 0.2) is 11.9 Å². The number of fused-ring (bicyclic) bond motifs is 5. The average Bonchev–Trinajstić information content (AvgIpc) is 3.79. The molecule has 45 heavy (non-hydrogen) atoms. The molecule has 0 aromatic carbocycles. The van der Waals surface area contributed by atoms with Crippen LogP contribution in [-0.4, -0.2) is 116 Å². The zero-order valence-electron chi connectivity index (χ0n) is 26.4. The highest BCUT2D eigenvalue weighted by molar-refractivity contribution is 5.93. The molecule has 2 bridgehead atoms. The first-order chi connectivity index (χ1) is 20.9. The van der Waals surface area contributed by atoms with E-state index in [-0.39, 0.29) is 36.7 Å². The Morgan fingerprint density at radius 3 is 2.29 bits per heavy atom. The zero-order chi connectivity index (χ0) is 33.4. The molecule has 1 heterocycles. The summed E-state index contributed by atoms with van der Waals surface area (Å²) in [5, 5.41) is 61.3. The number of nitrogens with one attached hydrogen (secondary N) is 1. The highest BCUT2D eigenvalue weighted by Crippen LogP contribution is 2.63. The Morgan fingerprint density at radius 2 is 1.76 bits per heavy atom. The van der Waals surface area contributed by atoms with Gasteiger partial charge in [-0.15, -0.1) is 0 Å². The maximum Gasteiger partial charge on any atom is 0.407 e. The number of carbonyl (C=O) groups excluding carboxylic acids is 4. The van der Waals surface area contributed by atoms with Crippen LogP contribution in [0, 0.1) is 22.7 Å². The molecule has 252 valence electrons. The highest BCUT2D eigenvalue weighted by atomic mass is 16.6. The van der Waals surface area contributed by atoms with Gasteiger partial charge in [-0.25, -0.2) is 9.59 Å². The number of esters is 2. The fourth-order valence-electron chi connectivity index (χ4n) is 8.37. The van der Waals surface area contributed by atoms with Crippen LogP contribution in [0.5, 0.6) is 0 Å². The standard InChI is InChI=1S/C31H45NO13/c1-7-42-27(39)32-20(15-8-9-15)22(36)26(38)45-16-11-31(41)25(44-14(3)33)23-29(6,17(34)10-18-30(23,40)12-43-18)24(37)21(35)19(13(16)2)28(31,4)5/h15-18,20-23,25,34-36,40-41H,7-12H2,1-6H3,(H,32,39)/t16?,17-,18+,20-,21+,22+,23-,25-,29+,30-,31+/m0/s1. The molecule has 11 atom stereocenters. The maximum absolute atomic E-state index is 14.3. The molecule has 4 aliphatic carbocycles. The minimum Gasteiger partial charge on any atom is -0.459 e. The average molecular weight is 640 g/mol.